The zero-order valence-corrected chi connectivity index (χ0v) is 17.8. The van der Waals surface area contributed by atoms with Gasteiger partial charge in [-0.25, -0.2) is 0 Å². The summed E-state index contributed by atoms with van der Waals surface area (Å²) in [4.78, 5) is 0. The van der Waals surface area contributed by atoms with Gasteiger partial charge in [-0.15, -0.1) is 0 Å². The molecular weight excluding hydrogens is 426 g/mol. The molecule has 146 valence electrons. The van der Waals surface area contributed by atoms with Crippen molar-refractivity contribution in [2.24, 2.45) is 0 Å². The lowest BCUT2D eigenvalue weighted by Crippen LogP contribution is -2.06. The summed E-state index contributed by atoms with van der Waals surface area (Å²) in [6, 6.07) is 28.7. The predicted octanol–water partition coefficient (Wildman–Crippen LogP) is 6.80. The first-order valence-corrected chi connectivity index (χ1v) is 10.3. The molecule has 0 unspecified atom stereocenters. The zero-order chi connectivity index (χ0) is 20.1. The fourth-order valence-corrected chi connectivity index (χ4v) is 3.81. The number of ether oxygens (including phenoxy) is 2. The molecule has 29 heavy (non-hydrogen) atoms. The fraction of sp³-hybridized carbons (Fsp3) is 0.120. The van der Waals surface area contributed by atoms with E-state index in [1.165, 1.54) is 10.8 Å². The van der Waals surface area contributed by atoms with E-state index in [0.29, 0.717) is 13.2 Å². The van der Waals surface area contributed by atoms with Crippen LogP contribution in [0.5, 0.6) is 11.5 Å². The first kappa shape index (κ1) is 19.3. The zero-order valence-electron chi connectivity index (χ0n) is 16.2. The summed E-state index contributed by atoms with van der Waals surface area (Å²) in [5.41, 5.74) is 3.22. The second-order valence-corrected chi connectivity index (χ2v) is 7.57. The van der Waals surface area contributed by atoms with Gasteiger partial charge in [0.1, 0.15) is 6.61 Å². The molecule has 0 aliphatic rings. The summed E-state index contributed by atoms with van der Waals surface area (Å²) in [7, 11) is 1.67. The van der Waals surface area contributed by atoms with E-state index in [1.807, 2.05) is 30.3 Å². The maximum Gasteiger partial charge on any atom is 0.167 e. The molecule has 0 saturated heterocycles. The van der Waals surface area contributed by atoms with Gasteiger partial charge in [0.25, 0.3) is 0 Å². The van der Waals surface area contributed by atoms with Crippen LogP contribution in [-0.4, -0.2) is 7.11 Å². The molecule has 3 nitrogen and oxygen atoms in total. The monoisotopic (exact) mass is 447 g/mol. The third-order valence-electron chi connectivity index (χ3n) is 4.86. The number of hydrogen-bond donors (Lipinski definition) is 1. The Labute approximate surface area is 179 Å². The molecule has 0 spiro atoms. The Morgan fingerprint density at radius 2 is 1.59 bits per heavy atom. The van der Waals surface area contributed by atoms with E-state index in [1.54, 1.807) is 7.11 Å². The minimum atomic E-state index is 0.481. The van der Waals surface area contributed by atoms with Crippen molar-refractivity contribution in [3.05, 3.63) is 101 Å². The summed E-state index contributed by atoms with van der Waals surface area (Å²) in [5, 5.41) is 5.98. The Bertz CT molecular complexity index is 1110. The number of anilines is 1. The summed E-state index contributed by atoms with van der Waals surface area (Å²) in [6.45, 7) is 1.09. The van der Waals surface area contributed by atoms with Crippen molar-refractivity contribution >= 4 is 32.4 Å². The minimum Gasteiger partial charge on any atom is -0.493 e. The molecule has 4 aromatic rings. The molecule has 0 heterocycles. The van der Waals surface area contributed by atoms with Crippen LogP contribution in [0.2, 0.25) is 0 Å². The van der Waals surface area contributed by atoms with Crippen LogP contribution in [-0.2, 0) is 13.2 Å². The average molecular weight is 448 g/mol. The Kier molecular flexibility index (Phi) is 6.01. The van der Waals surface area contributed by atoms with Gasteiger partial charge in [-0.05, 0) is 29.1 Å². The highest BCUT2D eigenvalue weighted by Crippen LogP contribution is 2.37. The number of methoxy groups -OCH3 is 1. The molecule has 0 radical (unpaired) electrons. The van der Waals surface area contributed by atoms with E-state index >= 15 is 0 Å². The first-order valence-electron chi connectivity index (χ1n) is 9.50. The second-order valence-electron chi connectivity index (χ2n) is 6.71. The molecule has 0 aliphatic heterocycles. The third-order valence-corrected chi connectivity index (χ3v) is 5.60. The van der Waals surface area contributed by atoms with Crippen molar-refractivity contribution in [3.63, 3.8) is 0 Å². The van der Waals surface area contributed by atoms with Gasteiger partial charge < -0.3 is 14.8 Å². The largest absolute Gasteiger partial charge is 0.493 e. The molecule has 0 aromatic heterocycles. The molecule has 0 aliphatic carbocycles. The average Bonchev–Trinajstić information content (AvgIpc) is 2.77. The van der Waals surface area contributed by atoms with Crippen LogP contribution in [0.4, 0.5) is 5.69 Å². The molecule has 0 fully saturated rings. The summed E-state index contributed by atoms with van der Waals surface area (Å²) in [5.74, 6) is 1.47. The Morgan fingerprint density at radius 3 is 2.41 bits per heavy atom. The molecule has 0 bridgehead atoms. The topological polar surface area (TPSA) is 30.5 Å². The smallest absolute Gasteiger partial charge is 0.167 e. The van der Waals surface area contributed by atoms with Crippen LogP contribution in [0.1, 0.15) is 11.1 Å². The molecule has 0 amide bonds. The highest BCUT2D eigenvalue weighted by atomic mass is 79.9. The van der Waals surface area contributed by atoms with Crippen LogP contribution in [0.3, 0.4) is 0 Å². The van der Waals surface area contributed by atoms with Gasteiger partial charge in [0.2, 0.25) is 0 Å². The normalized spacial score (nSPS) is 10.7. The Hall–Kier alpha value is -2.98. The van der Waals surface area contributed by atoms with Crippen molar-refractivity contribution in [1.82, 2.24) is 0 Å². The van der Waals surface area contributed by atoms with E-state index in [0.717, 1.165) is 32.8 Å². The number of fused-ring (bicyclic) bond motifs is 1. The van der Waals surface area contributed by atoms with Gasteiger partial charge in [-0.1, -0.05) is 82.7 Å². The van der Waals surface area contributed by atoms with Crippen LogP contribution in [0, 0.1) is 0 Å². The van der Waals surface area contributed by atoms with E-state index < -0.39 is 0 Å². The van der Waals surface area contributed by atoms with Crippen molar-refractivity contribution < 1.29 is 9.47 Å². The van der Waals surface area contributed by atoms with Gasteiger partial charge in [0.05, 0.1) is 7.11 Å². The standard InChI is InChI=1S/C25H22BrNO2/c1-28-24-15-14-22(26)21(25(24)29-17-18-8-3-2-4-9-18)16-27-23-13-7-11-19-10-5-6-12-20(19)23/h2-15,27H,16-17H2,1H3. The van der Waals surface area contributed by atoms with Gasteiger partial charge in [0, 0.05) is 27.7 Å². The number of nitrogens with one attached hydrogen (secondary N) is 1. The van der Waals surface area contributed by atoms with Crippen LogP contribution < -0.4 is 14.8 Å². The maximum absolute atomic E-state index is 6.21. The van der Waals surface area contributed by atoms with Gasteiger partial charge >= 0.3 is 0 Å². The van der Waals surface area contributed by atoms with Gasteiger partial charge in [0.15, 0.2) is 11.5 Å². The number of benzene rings is 4. The summed E-state index contributed by atoms with van der Waals surface area (Å²) in [6.07, 6.45) is 0. The molecule has 4 aromatic carbocycles. The minimum absolute atomic E-state index is 0.481. The quantitative estimate of drug-likeness (QED) is 0.337. The first-order chi connectivity index (χ1) is 14.3. The highest BCUT2D eigenvalue weighted by Gasteiger charge is 2.15. The lowest BCUT2D eigenvalue weighted by molar-refractivity contribution is 0.281. The lowest BCUT2D eigenvalue weighted by Gasteiger charge is -2.18. The predicted molar refractivity (Wildman–Crippen MR) is 123 cm³/mol. The van der Waals surface area contributed by atoms with E-state index in [9.17, 15) is 0 Å². The van der Waals surface area contributed by atoms with Crippen LogP contribution in [0.15, 0.2) is 89.4 Å². The van der Waals surface area contributed by atoms with E-state index in [-0.39, 0.29) is 0 Å². The molecule has 1 N–H and O–H groups in total. The number of hydrogen-bond acceptors (Lipinski definition) is 3. The molecule has 0 saturated carbocycles. The third kappa shape index (κ3) is 4.38. The number of halogens is 1. The SMILES string of the molecule is COc1ccc(Br)c(CNc2cccc3ccccc23)c1OCc1ccccc1. The summed E-state index contributed by atoms with van der Waals surface area (Å²) >= 11 is 3.68. The van der Waals surface area contributed by atoms with Crippen molar-refractivity contribution in [2.45, 2.75) is 13.2 Å². The van der Waals surface area contributed by atoms with E-state index in [2.05, 4.69) is 75.8 Å². The highest BCUT2D eigenvalue weighted by molar-refractivity contribution is 9.10. The fourth-order valence-electron chi connectivity index (χ4n) is 3.36. The number of rotatable bonds is 7. The Morgan fingerprint density at radius 1 is 0.828 bits per heavy atom. The molecule has 4 heteroatoms. The van der Waals surface area contributed by atoms with Crippen molar-refractivity contribution in [1.29, 1.82) is 0 Å². The van der Waals surface area contributed by atoms with Crippen LogP contribution >= 0.6 is 15.9 Å². The second kappa shape index (κ2) is 9.01. The van der Waals surface area contributed by atoms with E-state index in [4.69, 9.17) is 9.47 Å². The van der Waals surface area contributed by atoms with Gasteiger partial charge in [-0.3, -0.25) is 0 Å². The lowest BCUT2D eigenvalue weighted by atomic mass is 10.1. The van der Waals surface area contributed by atoms with Crippen molar-refractivity contribution in [2.75, 3.05) is 12.4 Å². The molecular formula is C25H22BrNO2. The molecule has 4 rings (SSSR count). The van der Waals surface area contributed by atoms with Gasteiger partial charge in [-0.2, -0.15) is 0 Å². The summed E-state index contributed by atoms with van der Waals surface area (Å²) < 4.78 is 12.8. The van der Waals surface area contributed by atoms with Crippen LogP contribution in [0.25, 0.3) is 10.8 Å². The molecule has 0 atom stereocenters. The van der Waals surface area contributed by atoms with Crippen molar-refractivity contribution in [3.8, 4) is 11.5 Å². The maximum atomic E-state index is 6.21. The Balaban J connectivity index is 1.62.